The summed E-state index contributed by atoms with van der Waals surface area (Å²) in [5, 5.41) is 0.693. The first-order valence-corrected chi connectivity index (χ1v) is 4.47. The fraction of sp³-hybridized carbons (Fsp3) is 0.182. The Kier molecular flexibility index (Phi) is 2.19. The number of fused-ring (bicyclic) bond motifs is 1. The van der Waals surface area contributed by atoms with Gasteiger partial charge < -0.3 is 9.30 Å². The molecule has 78 valence electrons. The van der Waals surface area contributed by atoms with Gasteiger partial charge in [-0.05, 0) is 12.1 Å². The molecule has 0 aliphatic heterocycles. The van der Waals surface area contributed by atoms with Crippen molar-refractivity contribution in [2.24, 2.45) is 7.05 Å². The molecule has 15 heavy (non-hydrogen) atoms. The summed E-state index contributed by atoms with van der Waals surface area (Å²) >= 11 is 0. The lowest BCUT2D eigenvalue weighted by Gasteiger charge is -2.01. The Labute approximate surface area is 86.1 Å². The number of aromatic nitrogens is 1. The summed E-state index contributed by atoms with van der Waals surface area (Å²) in [6.07, 6.45) is 0. The first-order valence-electron chi connectivity index (χ1n) is 4.47. The number of esters is 1. The van der Waals surface area contributed by atoms with Crippen LogP contribution >= 0.6 is 0 Å². The predicted octanol–water partition coefficient (Wildman–Crippen LogP) is 2.10. The average Bonchev–Trinajstić information content (AvgIpc) is 2.56. The van der Waals surface area contributed by atoms with Crippen molar-refractivity contribution >= 4 is 16.9 Å². The molecule has 0 amide bonds. The Bertz CT molecular complexity index is 531. The monoisotopic (exact) mass is 207 g/mol. The number of methoxy groups -OCH3 is 1. The van der Waals surface area contributed by atoms with Crippen LogP contribution in [0.25, 0.3) is 10.9 Å². The maximum Gasteiger partial charge on any atom is 0.354 e. The van der Waals surface area contributed by atoms with Gasteiger partial charge >= 0.3 is 5.97 Å². The van der Waals surface area contributed by atoms with Gasteiger partial charge in [0.15, 0.2) is 0 Å². The van der Waals surface area contributed by atoms with Crippen molar-refractivity contribution in [2.75, 3.05) is 7.11 Å². The fourth-order valence-electron chi connectivity index (χ4n) is 1.67. The Hall–Kier alpha value is -1.84. The van der Waals surface area contributed by atoms with E-state index in [4.69, 9.17) is 0 Å². The SMILES string of the molecule is COC(=O)c1cc2cccc(F)c2n1C. The number of hydrogen-bond donors (Lipinski definition) is 0. The van der Waals surface area contributed by atoms with Crippen molar-refractivity contribution in [1.82, 2.24) is 4.57 Å². The van der Waals surface area contributed by atoms with Crippen LogP contribution in [0.5, 0.6) is 0 Å². The minimum absolute atomic E-state index is 0.342. The van der Waals surface area contributed by atoms with Gasteiger partial charge in [0.2, 0.25) is 0 Å². The third-order valence-electron chi connectivity index (χ3n) is 2.40. The minimum Gasteiger partial charge on any atom is -0.464 e. The first-order chi connectivity index (χ1) is 7.15. The predicted molar refractivity (Wildman–Crippen MR) is 54.2 cm³/mol. The zero-order valence-corrected chi connectivity index (χ0v) is 8.45. The zero-order valence-electron chi connectivity index (χ0n) is 8.45. The molecule has 0 aliphatic rings. The molecule has 2 rings (SSSR count). The molecule has 0 atom stereocenters. The smallest absolute Gasteiger partial charge is 0.354 e. The van der Waals surface area contributed by atoms with E-state index in [-0.39, 0.29) is 5.82 Å². The lowest BCUT2D eigenvalue weighted by Crippen LogP contribution is -2.07. The number of carbonyl (C=O) groups excluding carboxylic acids is 1. The van der Waals surface area contributed by atoms with E-state index in [0.717, 1.165) is 0 Å². The highest BCUT2D eigenvalue weighted by Gasteiger charge is 2.15. The molecule has 0 N–H and O–H groups in total. The molecule has 3 nitrogen and oxygen atoms in total. The number of ether oxygens (including phenoxy) is 1. The second kappa shape index (κ2) is 3.38. The Morgan fingerprint density at radius 2 is 2.20 bits per heavy atom. The van der Waals surface area contributed by atoms with Crippen molar-refractivity contribution in [3.8, 4) is 0 Å². The van der Waals surface area contributed by atoms with Crippen LogP contribution in [0.4, 0.5) is 4.39 Å². The topological polar surface area (TPSA) is 31.2 Å². The third-order valence-corrected chi connectivity index (χ3v) is 2.40. The average molecular weight is 207 g/mol. The molecular weight excluding hydrogens is 197 g/mol. The zero-order chi connectivity index (χ0) is 11.0. The molecule has 0 aliphatic carbocycles. The van der Waals surface area contributed by atoms with E-state index in [1.807, 2.05) is 0 Å². The molecule has 0 saturated heterocycles. The number of hydrogen-bond acceptors (Lipinski definition) is 2. The Morgan fingerprint density at radius 3 is 2.80 bits per heavy atom. The molecular formula is C11H10FNO2. The van der Waals surface area contributed by atoms with Crippen LogP contribution in [0.1, 0.15) is 10.5 Å². The largest absolute Gasteiger partial charge is 0.464 e. The molecule has 2 aromatic rings. The quantitative estimate of drug-likeness (QED) is 0.670. The summed E-state index contributed by atoms with van der Waals surface area (Å²) in [6.45, 7) is 0. The number of halogens is 1. The number of nitrogens with zero attached hydrogens (tertiary/aromatic N) is 1. The number of aryl methyl sites for hydroxylation is 1. The van der Waals surface area contributed by atoms with Gasteiger partial charge in [0.25, 0.3) is 0 Å². The van der Waals surface area contributed by atoms with Gasteiger partial charge in [-0.25, -0.2) is 9.18 Å². The van der Waals surface area contributed by atoms with Gasteiger partial charge in [0.05, 0.1) is 12.6 Å². The van der Waals surface area contributed by atoms with Crippen LogP contribution in [0.3, 0.4) is 0 Å². The van der Waals surface area contributed by atoms with Gasteiger partial charge in [-0.2, -0.15) is 0 Å². The molecule has 1 heterocycles. The molecule has 0 unspecified atom stereocenters. The highest BCUT2D eigenvalue weighted by Crippen LogP contribution is 2.21. The molecule has 0 radical (unpaired) electrons. The van der Waals surface area contributed by atoms with Gasteiger partial charge in [-0.1, -0.05) is 12.1 Å². The summed E-state index contributed by atoms with van der Waals surface area (Å²) in [5.74, 6) is -0.807. The van der Waals surface area contributed by atoms with Crippen LogP contribution in [-0.4, -0.2) is 17.6 Å². The van der Waals surface area contributed by atoms with E-state index in [9.17, 15) is 9.18 Å². The first kappa shape index (κ1) is 9.71. The van der Waals surface area contributed by atoms with Crippen molar-refractivity contribution in [3.63, 3.8) is 0 Å². The van der Waals surface area contributed by atoms with Gasteiger partial charge in [0.1, 0.15) is 11.5 Å². The van der Waals surface area contributed by atoms with Crippen molar-refractivity contribution < 1.29 is 13.9 Å². The summed E-state index contributed by atoms with van der Waals surface area (Å²) in [5.41, 5.74) is 0.760. The molecule has 0 spiro atoms. The third kappa shape index (κ3) is 1.38. The summed E-state index contributed by atoms with van der Waals surface area (Å²) in [4.78, 5) is 11.3. The molecule has 0 fully saturated rings. The van der Waals surface area contributed by atoms with E-state index in [0.29, 0.717) is 16.6 Å². The summed E-state index contributed by atoms with van der Waals surface area (Å²) < 4.78 is 19.6. The lowest BCUT2D eigenvalue weighted by atomic mass is 10.2. The second-order valence-electron chi connectivity index (χ2n) is 3.26. The van der Waals surface area contributed by atoms with Crippen LogP contribution in [0.2, 0.25) is 0 Å². The standard InChI is InChI=1S/C11H10FNO2/c1-13-9(11(14)15-2)6-7-4-3-5-8(12)10(7)13/h3-6H,1-2H3. The van der Waals surface area contributed by atoms with Crippen molar-refractivity contribution in [2.45, 2.75) is 0 Å². The molecule has 4 heteroatoms. The molecule has 1 aromatic heterocycles. The maximum atomic E-state index is 13.5. The van der Waals surface area contributed by atoms with Crippen LogP contribution in [-0.2, 0) is 11.8 Å². The maximum absolute atomic E-state index is 13.5. The highest BCUT2D eigenvalue weighted by atomic mass is 19.1. The molecule has 0 bridgehead atoms. The Balaban J connectivity index is 2.75. The molecule has 0 saturated carbocycles. The fourth-order valence-corrected chi connectivity index (χ4v) is 1.67. The van der Waals surface area contributed by atoms with Crippen molar-refractivity contribution in [3.05, 3.63) is 35.8 Å². The van der Waals surface area contributed by atoms with Crippen molar-refractivity contribution in [1.29, 1.82) is 0 Å². The van der Waals surface area contributed by atoms with E-state index < -0.39 is 5.97 Å². The van der Waals surface area contributed by atoms with Gasteiger partial charge in [-0.3, -0.25) is 0 Å². The lowest BCUT2D eigenvalue weighted by molar-refractivity contribution is 0.0590. The van der Waals surface area contributed by atoms with E-state index in [1.54, 1.807) is 25.2 Å². The number of carbonyl (C=O) groups is 1. The van der Waals surface area contributed by atoms with Crippen LogP contribution < -0.4 is 0 Å². The van der Waals surface area contributed by atoms with E-state index >= 15 is 0 Å². The van der Waals surface area contributed by atoms with Crippen LogP contribution in [0, 0.1) is 5.82 Å². The van der Waals surface area contributed by atoms with Gasteiger partial charge in [-0.15, -0.1) is 0 Å². The van der Waals surface area contributed by atoms with Gasteiger partial charge in [0, 0.05) is 12.4 Å². The number of rotatable bonds is 1. The minimum atomic E-state index is -0.465. The van der Waals surface area contributed by atoms with Crippen LogP contribution in [0.15, 0.2) is 24.3 Å². The Morgan fingerprint density at radius 1 is 1.47 bits per heavy atom. The number of para-hydroxylation sites is 1. The summed E-state index contributed by atoms with van der Waals surface area (Å²) in [6, 6.07) is 6.34. The summed E-state index contributed by atoms with van der Waals surface area (Å²) in [7, 11) is 2.94. The normalized spacial score (nSPS) is 10.6. The number of benzene rings is 1. The second-order valence-corrected chi connectivity index (χ2v) is 3.26. The molecule has 1 aromatic carbocycles. The van der Waals surface area contributed by atoms with E-state index in [2.05, 4.69) is 4.74 Å². The highest BCUT2D eigenvalue weighted by molar-refractivity contribution is 5.95. The van der Waals surface area contributed by atoms with E-state index in [1.165, 1.54) is 17.7 Å².